The molecule has 2 aromatic carbocycles. The minimum Gasteiger partial charge on any atom is -0.497 e. The first-order valence-electron chi connectivity index (χ1n) is 5.88. The number of carbonyl (C=O) groups is 1. The van der Waals surface area contributed by atoms with Crippen LogP contribution in [0.4, 0.5) is 14.5 Å². The number of ketones is 1. The molecule has 104 valence electrons. The van der Waals surface area contributed by atoms with Crippen LogP contribution >= 0.6 is 0 Å². The smallest absolute Gasteiger partial charge is 0.198 e. The summed E-state index contributed by atoms with van der Waals surface area (Å²) in [6, 6.07) is 7.05. The van der Waals surface area contributed by atoms with E-state index in [9.17, 15) is 13.6 Å². The Morgan fingerprint density at radius 2 is 1.80 bits per heavy atom. The molecule has 0 aliphatic rings. The van der Waals surface area contributed by atoms with E-state index in [1.807, 2.05) is 0 Å². The maximum absolute atomic E-state index is 13.8. The molecule has 2 N–H and O–H groups in total. The summed E-state index contributed by atoms with van der Waals surface area (Å²) >= 11 is 0. The molecule has 0 atom stereocenters. The number of hydrogen-bond acceptors (Lipinski definition) is 3. The van der Waals surface area contributed by atoms with Gasteiger partial charge in [0, 0.05) is 11.3 Å². The van der Waals surface area contributed by atoms with Crippen LogP contribution < -0.4 is 10.5 Å². The van der Waals surface area contributed by atoms with Gasteiger partial charge >= 0.3 is 0 Å². The number of anilines is 1. The van der Waals surface area contributed by atoms with E-state index < -0.39 is 17.4 Å². The molecule has 0 spiro atoms. The van der Waals surface area contributed by atoms with Gasteiger partial charge in [-0.05, 0) is 36.8 Å². The van der Waals surface area contributed by atoms with Gasteiger partial charge in [-0.2, -0.15) is 0 Å². The van der Waals surface area contributed by atoms with Crippen LogP contribution in [0.5, 0.6) is 5.75 Å². The molecule has 0 aliphatic carbocycles. The first-order valence-corrected chi connectivity index (χ1v) is 5.88. The van der Waals surface area contributed by atoms with E-state index in [4.69, 9.17) is 10.5 Å². The highest BCUT2D eigenvalue weighted by Crippen LogP contribution is 2.25. The lowest BCUT2D eigenvalue weighted by molar-refractivity contribution is 0.103. The van der Waals surface area contributed by atoms with Crippen molar-refractivity contribution in [2.24, 2.45) is 0 Å². The molecule has 0 radical (unpaired) electrons. The molecule has 0 aromatic heterocycles. The summed E-state index contributed by atoms with van der Waals surface area (Å²) in [7, 11) is 1.44. The van der Waals surface area contributed by atoms with Gasteiger partial charge in [0.15, 0.2) is 17.4 Å². The van der Waals surface area contributed by atoms with Crippen LogP contribution in [0.1, 0.15) is 21.5 Å². The molecule has 5 heteroatoms. The van der Waals surface area contributed by atoms with Gasteiger partial charge in [0.05, 0.1) is 12.7 Å². The molecule has 0 unspecified atom stereocenters. The minimum atomic E-state index is -1.17. The number of halogens is 2. The van der Waals surface area contributed by atoms with Crippen LogP contribution in [-0.2, 0) is 0 Å². The van der Waals surface area contributed by atoms with Gasteiger partial charge in [-0.1, -0.05) is 6.07 Å². The molecular formula is C15H13F2NO2. The highest BCUT2D eigenvalue weighted by Gasteiger charge is 2.20. The Kier molecular flexibility index (Phi) is 3.70. The zero-order chi connectivity index (χ0) is 14.9. The average Bonchev–Trinajstić information content (AvgIpc) is 2.45. The lowest BCUT2D eigenvalue weighted by Crippen LogP contribution is -2.09. The number of benzene rings is 2. The molecule has 2 aromatic rings. The van der Waals surface area contributed by atoms with Gasteiger partial charge in [-0.15, -0.1) is 0 Å². The normalized spacial score (nSPS) is 10.4. The fourth-order valence-corrected chi connectivity index (χ4v) is 1.83. The fourth-order valence-electron chi connectivity index (χ4n) is 1.83. The number of ether oxygens (including phenoxy) is 1. The summed E-state index contributed by atoms with van der Waals surface area (Å²) in [4.78, 5) is 12.3. The Morgan fingerprint density at radius 3 is 2.45 bits per heavy atom. The third-order valence-corrected chi connectivity index (χ3v) is 3.03. The summed E-state index contributed by atoms with van der Waals surface area (Å²) in [5, 5.41) is 0. The average molecular weight is 277 g/mol. The van der Waals surface area contributed by atoms with Gasteiger partial charge in [-0.25, -0.2) is 8.78 Å². The molecule has 2 rings (SSSR count). The van der Waals surface area contributed by atoms with E-state index in [0.717, 1.165) is 0 Å². The highest BCUT2D eigenvalue weighted by molar-refractivity contribution is 6.12. The summed E-state index contributed by atoms with van der Waals surface area (Å²) in [6.45, 7) is 1.42. The molecule has 0 heterocycles. The predicted octanol–water partition coefficient (Wildman–Crippen LogP) is 3.10. The van der Waals surface area contributed by atoms with Gasteiger partial charge in [0.2, 0.25) is 0 Å². The van der Waals surface area contributed by atoms with E-state index in [0.29, 0.717) is 5.75 Å². The molecule has 0 bridgehead atoms. The Balaban J connectivity index is 2.54. The minimum absolute atomic E-state index is 0.0755. The number of rotatable bonds is 3. The zero-order valence-electron chi connectivity index (χ0n) is 11.0. The summed E-state index contributed by atoms with van der Waals surface area (Å²) in [6.07, 6.45) is 0. The van der Waals surface area contributed by atoms with Crippen molar-refractivity contribution in [3.05, 3.63) is 58.7 Å². The standard InChI is InChI=1S/C15H13F2NO2/c1-8-3-5-10(14(17)13(8)16)15(19)11-7-9(20-2)4-6-12(11)18/h3-7H,18H2,1-2H3. The van der Waals surface area contributed by atoms with Crippen LogP contribution in [0, 0.1) is 18.6 Å². The van der Waals surface area contributed by atoms with Crippen LogP contribution in [0.2, 0.25) is 0 Å². The SMILES string of the molecule is COc1ccc(N)c(C(=O)c2ccc(C)c(F)c2F)c1. The Hall–Kier alpha value is -2.43. The first-order chi connectivity index (χ1) is 9.45. The highest BCUT2D eigenvalue weighted by atomic mass is 19.2. The monoisotopic (exact) mass is 277 g/mol. The summed E-state index contributed by atoms with van der Waals surface area (Å²) in [5.41, 5.74) is 5.74. The summed E-state index contributed by atoms with van der Waals surface area (Å²) < 4.78 is 32.4. The van der Waals surface area contributed by atoms with Crippen LogP contribution in [-0.4, -0.2) is 12.9 Å². The van der Waals surface area contributed by atoms with Crippen molar-refractivity contribution in [3.63, 3.8) is 0 Å². The maximum Gasteiger partial charge on any atom is 0.198 e. The quantitative estimate of drug-likeness (QED) is 0.693. The van der Waals surface area contributed by atoms with Crippen molar-refractivity contribution < 1.29 is 18.3 Å². The van der Waals surface area contributed by atoms with E-state index in [-0.39, 0.29) is 22.4 Å². The number of aryl methyl sites for hydroxylation is 1. The summed E-state index contributed by atoms with van der Waals surface area (Å²) in [5.74, 6) is -2.47. The van der Waals surface area contributed by atoms with Gasteiger partial charge in [0.25, 0.3) is 0 Å². The van der Waals surface area contributed by atoms with Crippen LogP contribution in [0.25, 0.3) is 0 Å². The van der Waals surface area contributed by atoms with Gasteiger partial charge < -0.3 is 10.5 Å². The van der Waals surface area contributed by atoms with Crippen molar-refractivity contribution in [1.29, 1.82) is 0 Å². The molecule has 20 heavy (non-hydrogen) atoms. The Bertz CT molecular complexity index is 684. The van der Waals surface area contributed by atoms with Crippen LogP contribution in [0.3, 0.4) is 0 Å². The van der Waals surface area contributed by atoms with E-state index in [1.165, 1.54) is 38.3 Å². The second kappa shape index (κ2) is 5.28. The van der Waals surface area contributed by atoms with Crippen molar-refractivity contribution in [1.82, 2.24) is 0 Å². The van der Waals surface area contributed by atoms with Gasteiger partial charge in [-0.3, -0.25) is 4.79 Å². The van der Waals surface area contributed by atoms with Crippen molar-refractivity contribution >= 4 is 11.5 Å². The number of hydrogen-bond donors (Lipinski definition) is 1. The fraction of sp³-hybridized carbons (Fsp3) is 0.133. The lowest BCUT2D eigenvalue weighted by atomic mass is 9.99. The van der Waals surface area contributed by atoms with Crippen molar-refractivity contribution in [2.75, 3.05) is 12.8 Å². The number of nitrogen functional groups attached to an aromatic ring is 1. The molecular weight excluding hydrogens is 264 g/mol. The Morgan fingerprint density at radius 1 is 1.10 bits per heavy atom. The third-order valence-electron chi connectivity index (χ3n) is 3.03. The van der Waals surface area contributed by atoms with E-state index in [2.05, 4.69) is 0 Å². The second-order valence-corrected chi connectivity index (χ2v) is 4.34. The Labute approximate surface area is 115 Å². The molecule has 0 saturated carbocycles. The molecule has 0 fully saturated rings. The second-order valence-electron chi connectivity index (χ2n) is 4.34. The number of nitrogens with two attached hydrogens (primary N) is 1. The van der Waals surface area contributed by atoms with Gasteiger partial charge in [0.1, 0.15) is 5.75 Å². The molecule has 3 nitrogen and oxygen atoms in total. The largest absolute Gasteiger partial charge is 0.497 e. The topological polar surface area (TPSA) is 52.3 Å². The third kappa shape index (κ3) is 2.34. The molecule has 0 saturated heterocycles. The maximum atomic E-state index is 13.8. The van der Waals surface area contributed by atoms with Crippen molar-refractivity contribution in [3.8, 4) is 5.75 Å². The van der Waals surface area contributed by atoms with Crippen LogP contribution in [0.15, 0.2) is 30.3 Å². The van der Waals surface area contributed by atoms with E-state index >= 15 is 0 Å². The number of methoxy groups -OCH3 is 1. The number of carbonyl (C=O) groups excluding carboxylic acids is 1. The zero-order valence-corrected chi connectivity index (χ0v) is 11.0. The predicted molar refractivity (Wildman–Crippen MR) is 71.9 cm³/mol. The van der Waals surface area contributed by atoms with E-state index in [1.54, 1.807) is 6.07 Å². The first kappa shape index (κ1) is 14.0. The van der Waals surface area contributed by atoms with Crippen molar-refractivity contribution in [2.45, 2.75) is 6.92 Å². The molecule has 0 aliphatic heterocycles. The lowest BCUT2D eigenvalue weighted by Gasteiger charge is -2.09. The molecule has 0 amide bonds.